The van der Waals surface area contributed by atoms with Crippen LogP contribution in [0, 0.1) is 0 Å². The van der Waals surface area contributed by atoms with Crippen molar-refractivity contribution in [2.24, 2.45) is 0 Å². The average Bonchev–Trinajstić information content (AvgIpc) is 3.28. The van der Waals surface area contributed by atoms with Crippen molar-refractivity contribution in [2.75, 3.05) is 11.9 Å². The van der Waals surface area contributed by atoms with Gasteiger partial charge >= 0.3 is 0 Å². The highest BCUT2D eigenvalue weighted by Crippen LogP contribution is 2.22. The molecule has 4 rings (SSSR count). The molecular weight excluding hydrogens is 326 g/mol. The lowest BCUT2D eigenvalue weighted by Crippen LogP contribution is -2.21. The number of H-pyrrole nitrogens is 1. The number of aromatic nitrogens is 6. The molecule has 1 atom stereocenters. The van der Waals surface area contributed by atoms with Gasteiger partial charge in [0.1, 0.15) is 11.8 Å². The molecular formula is C16H14ClN7. The van der Waals surface area contributed by atoms with Crippen LogP contribution in [-0.2, 0) is 0 Å². The number of fused-ring (bicyclic) bond motifs is 1. The predicted molar refractivity (Wildman–Crippen MR) is 92.0 cm³/mol. The molecule has 4 aromatic rings. The summed E-state index contributed by atoms with van der Waals surface area (Å²) >= 11 is 6.00. The van der Waals surface area contributed by atoms with Gasteiger partial charge in [-0.1, -0.05) is 23.7 Å². The fourth-order valence-electron chi connectivity index (χ4n) is 2.61. The maximum absolute atomic E-state index is 6.00. The third-order valence-electron chi connectivity index (χ3n) is 3.78. The summed E-state index contributed by atoms with van der Waals surface area (Å²) < 4.78 is 1.90. The first kappa shape index (κ1) is 14.6. The maximum atomic E-state index is 6.00. The van der Waals surface area contributed by atoms with E-state index in [2.05, 4.69) is 30.4 Å². The topological polar surface area (TPSA) is 84.3 Å². The molecule has 0 saturated carbocycles. The number of aromatic amines is 1. The SMILES string of the molecule is Clc1ccc(C(CNc2ncnc3nc[nH]c23)n2cccn2)cc1. The molecule has 3 aromatic heterocycles. The van der Waals surface area contributed by atoms with Gasteiger partial charge in [-0.3, -0.25) is 4.68 Å². The van der Waals surface area contributed by atoms with Crippen LogP contribution in [0.5, 0.6) is 0 Å². The summed E-state index contributed by atoms with van der Waals surface area (Å²) in [6.07, 6.45) is 6.80. The molecule has 0 fully saturated rings. The number of nitrogens with one attached hydrogen (secondary N) is 2. The summed E-state index contributed by atoms with van der Waals surface area (Å²) in [4.78, 5) is 15.6. The molecule has 8 heteroatoms. The Morgan fingerprint density at radius 3 is 2.83 bits per heavy atom. The van der Waals surface area contributed by atoms with E-state index in [-0.39, 0.29) is 6.04 Å². The first-order valence-electron chi connectivity index (χ1n) is 7.44. The molecule has 0 saturated heterocycles. The number of halogens is 1. The number of imidazole rings is 1. The van der Waals surface area contributed by atoms with Crippen molar-refractivity contribution in [3.05, 3.63) is 66.0 Å². The molecule has 0 amide bonds. The van der Waals surface area contributed by atoms with Crippen molar-refractivity contribution >= 4 is 28.6 Å². The zero-order chi connectivity index (χ0) is 16.4. The van der Waals surface area contributed by atoms with E-state index in [1.165, 1.54) is 6.33 Å². The minimum absolute atomic E-state index is 0.00482. The van der Waals surface area contributed by atoms with Gasteiger partial charge in [-0.05, 0) is 23.8 Å². The molecule has 0 radical (unpaired) electrons. The van der Waals surface area contributed by atoms with Crippen LogP contribution in [0.15, 0.2) is 55.4 Å². The second-order valence-corrected chi connectivity index (χ2v) is 5.69. The standard InChI is InChI=1S/C16H14ClN7/c17-12-4-2-11(3-5-12)13(24-7-1-6-23-24)8-18-15-14-16(20-9-19-14)22-10-21-15/h1-7,9-10,13H,8H2,(H2,18,19,20,21,22). The van der Waals surface area contributed by atoms with Crippen LogP contribution in [0.2, 0.25) is 5.02 Å². The summed E-state index contributed by atoms with van der Waals surface area (Å²) in [7, 11) is 0. The Labute approximate surface area is 142 Å². The average molecular weight is 340 g/mol. The normalized spacial score (nSPS) is 12.4. The number of rotatable bonds is 5. The fraction of sp³-hybridized carbons (Fsp3) is 0.125. The Hall–Kier alpha value is -2.93. The summed E-state index contributed by atoms with van der Waals surface area (Å²) in [5, 5.41) is 8.44. The van der Waals surface area contributed by atoms with Crippen molar-refractivity contribution in [1.82, 2.24) is 29.7 Å². The van der Waals surface area contributed by atoms with Gasteiger partial charge in [0.25, 0.3) is 0 Å². The first-order valence-corrected chi connectivity index (χ1v) is 7.81. The molecule has 120 valence electrons. The van der Waals surface area contributed by atoms with Crippen LogP contribution < -0.4 is 5.32 Å². The first-order chi connectivity index (χ1) is 11.8. The minimum Gasteiger partial charge on any atom is -0.366 e. The van der Waals surface area contributed by atoms with Crippen molar-refractivity contribution < 1.29 is 0 Å². The monoisotopic (exact) mass is 339 g/mol. The highest BCUT2D eigenvalue weighted by atomic mass is 35.5. The van der Waals surface area contributed by atoms with Crippen molar-refractivity contribution in [1.29, 1.82) is 0 Å². The third-order valence-corrected chi connectivity index (χ3v) is 4.04. The minimum atomic E-state index is 0.00482. The molecule has 0 aliphatic heterocycles. The number of anilines is 1. The van der Waals surface area contributed by atoms with Gasteiger partial charge in [-0.15, -0.1) is 0 Å². The largest absolute Gasteiger partial charge is 0.366 e. The van der Waals surface area contributed by atoms with Crippen molar-refractivity contribution in [2.45, 2.75) is 6.04 Å². The lowest BCUT2D eigenvalue weighted by molar-refractivity contribution is 0.543. The maximum Gasteiger partial charge on any atom is 0.182 e. The smallest absolute Gasteiger partial charge is 0.182 e. The van der Waals surface area contributed by atoms with Gasteiger partial charge in [-0.25, -0.2) is 15.0 Å². The molecule has 0 bridgehead atoms. The molecule has 7 nitrogen and oxygen atoms in total. The van der Waals surface area contributed by atoms with Crippen LogP contribution in [-0.4, -0.2) is 36.3 Å². The lowest BCUT2D eigenvalue weighted by atomic mass is 10.1. The Morgan fingerprint density at radius 2 is 2.04 bits per heavy atom. The van der Waals surface area contributed by atoms with E-state index in [1.54, 1.807) is 12.5 Å². The van der Waals surface area contributed by atoms with Crippen LogP contribution in [0.3, 0.4) is 0 Å². The highest BCUT2D eigenvalue weighted by Gasteiger charge is 2.15. The Morgan fingerprint density at radius 1 is 1.17 bits per heavy atom. The molecule has 0 spiro atoms. The molecule has 0 aliphatic rings. The second kappa shape index (κ2) is 6.29. The summed E-state index contributed by atoms with van der Waals surface area (Å²) in [6.45, 7) is 0.606. The summed E-state index contributed by atoms with van der Waals surface area (Å²) in [5.74, 6) is 0.712. The Kier molecular flexibility index (Phi) is 3.84. The highest BCUT2D eigenvalue weighted by molar-refractivity contribution is 6.30. The van der Waals surface area contributed by atoms with Gasteiger partial charge in [0.15, 0.2) is 11.5 Å². The van der Waals surface area contributed by atoms with E-state index in [9.17, 15) is 0 Å². The molecule has 24 heavy (non-hydrogen) atoms. The van der Waals surface area contributed by atoms with E-state index in [0.717, 1.165) is 11.1 Å². The van der Waals surface area contributed by atoms with Crippen LogP contribution in [0.4, 0.5) is 5.82 Å². The van der Waals surface area contributed by atoms with Gasteiger partial charge < -0.3 is 10.3 Å². The quantitative estimate of drug-likeness (QED) is 0.584. The lowest BCUT2D eigenvalue weighted by Gasteiger charge is -2.19. The van der Waals surface area contributed by atoms with E-state index in [0.29, 0.717) is 23.0 Å². The predicted octanol–water partition coefficient (Wildman–Crippen LogP) is 2.90. The van der Waals surface area contributed by atoms with Crippen molar-refractivity contribution in [3.8, 4) is 0 Å². The number of hydrogen-bond acceptors (Lipinski definition) is 5. The van der Waals surface area contributed by atoms with Gasteiger partial charge in [0, 0.05) is 24.0 Å². The van der Waals surface area contributed by atoms with Gasteiger partial charge in [0.2, 0.25) is 0 Å². The summed E-state index contributed by atoms with van der Waals surface area (Å²) in [6, 6.07) is 9.67. The van der Waals surface area contributed by atoms with Gasteiger partial charge in [-0.2, -0.15) is 5.10 Å². The molecule has 0 aliphatic carbocycles. The van der Waals surface area contributed by atoms with Crippen LogP contribution in [0.25, 0.3) is 11.2 Å². The Balaban J connectivity index is 1.63. The van der Waals surface area contributed by atoms with E-state index < -0.39 is 0 Å². The number of nitrogens with zero attached hydrogens (tertiary/aromatic N) is 5. The van der Waals surface area contributed by atoms with Crippen molar-refractivity contribution in [3.63, 3.8) is 0 Å². The molecule has 3 heterocycles. The number of benzene rings is 1. The van der Waals surface area contributed by atoms with E-state index in [4.69, 9.17) is 11.6 Å². The number of hydrogen-bond donors (Lipinski definition) is 2. The van der Waals surface area contributed by atoms with Crippen LogP contribution in [0.1, 0.15) is 11.6 Å². The molecule has 1 unspecified atom stereocenters. The zero-order valence-corrected chi connectivity index (χ0v) is 13.4. The van der Waals surface area contributed by atoms with Gasteiger partial charge in [0.05, 0.1) is 12.4 Å². The summed E-state index contributed by atoms with van der Waals surface area (Å²) in [5.41, 5.74) is 2.52. The van der Waals surface area contributed by atoms with Crippen LogP contribution >= 0.6 is 11.6 Å². The Bertz CT molecular complexity index is 931. The zero-order valence-electron chi connectivity index (χ0n) is 12.6. The van der Waals surface area contributed by atoms with E-state index in [1.807, 2.05) is 41.2 Å². The second-order valence-electron chi connectivity index (χ2n) is 5.26. The fourth-order valence-corrected chi connectivity index (χ4v) is 2.73. The molecule has 1 aromatic carbocycles. The third kappa shape index (κ3) is 2.81. The van der Waals surface area contributed by atoms with E-state index >= 15 is 0 Å². The molecule has 2 N–H and O–H groups in total.